The van der Waals surface area contributed by atoms with Crippen LogP contribution in [-0.2, 0) is 14.8 Å². The Morgan fingerprint density at radius 2 is 1.81 bits per heavy atom. The van der Waals surface area contributed by atoms with Gasteiger partial charge in [-0.3, -0.25) is 4.79 Å². The number of amides is 1. The first-order chi connectivity index (χ1) is 12.1. The summed E-state index contributed by atoms with van der Waals surface area (Å²) in [5, 5.41) is 10.4. The van der Waals surface area contributed by atoms with Crippen LogP contribution in [0.25, 0.3) is 0 Å². The van der Waals surface area contributed by atoms with Crippen molar-refractivity contribution in [2.75, 3.05) is 11.2 Å². The molecule has 0 unspecified atom stereocenters. The first-order valence-corrected chi connectivity index (χ1v) is 10.2. The molecular weight excluding hydrogens is 376 g/mol. The Hall–Kier alpha value is -2.11. The molecule has 4 N–H and O–H groups in total. The second kappa shape index (κ2) is 8.06. The van der Waals surface area contributed by atoms with Crippen molar-refractivity contribution in [3.05, 3.63) is 30.1 Å². The molecule has 142 valence electrons. The molecule has 0 aliphatic heterocycles. The van der Waals surface area contributed by atoms with Crippen molar-refractivity contribution in [3.63, 3.8) is 0 Å². The second-order valence-electron chi connectivity index (χ2n) is 5.95. The SMILES string of the molecule is Cc1nnc(S[C@H](C)C(=O)Nc2ccc(S(=O)(=O)NC(C)C)cc2)n1N. The van der Waals surface area contributed by atoms with Gasteiger partial charge in [0.05, 0.1) is 10.1 Å². The van der Waals surface area contributed by atoms with Crippen molar-refractivity contribution in [2.24, 2.45) is 0 Å². The number of thioether (sulfide) groups is 1. The molecule has 1 amide bonds. The molecule has 9 nitrogen and oxygen atoms in total. The van der Waals surface area contributed by atoms with Crippen LogP contribution >= 0.6 is 11.8 Å². The van der Waals surface area contributed by atoms with Crippen LogP contribution in [0.5, 0.6) is 0 Å². The number of nitrogens with one attached hydrogen (secondary N) is 2. The lowest BCUT2D eigenvalue weighted by Crippen LogP contribution is -2.30. The third kappa shape index (κ3) is 4.96. The molecule has 0 radical (unpaired) electrons. The molecule has 2 aromatic rings. The fraction of sp³-hybridized carbons (Fsp3) is 0.400. The summed E-state index contributed by atoms with van der Waals surface area (Å²) >= 11 is 1.18. The summed E-state index contributed by atoms with van der Waals surface area (Å²) < 4.78 is 28.0. The van der Waals surface area contributed by atoms with Crippen LogP contribution in [-0.4, -0.2) is 40.5 Å². The first kappa shape index (κ1) is 20.2. The van der Waals surface area contributed by atoms with Gasteiger partial charge in [-0.25, -0.2) is 17.8 Å². The zero-order valence-corrected chi connectivity index (χ0v) is 16.6. The summed E-state index contributed by atoms with van der Waals surface area (Å²) in [6.45, 7) is 6.92. The van der Waals surface area contributed by atoms with E-state index in [2.05, 4.69) is 20.2 Å². The summed E-state index contributed by atoms with van der Waals surface area (Å²) in [4.78, 5) is 12.4. The van der Waals surface area contributed by atoms with Crippen LogP contribution in [0.4, 0.5) is 5.69 Å². The van der Waals surface area contributed by atoms with Gasteiger partial charge >= 0.3 is 0 Å². The molecule has 0 aliphatic carbocycles. The minimum absolute atomic E-state index is 0.137. The van der Waals surface area contributed by atoms with Crippen LogP contribution in [0, 0.1) is 6.92 Å². The number of aryl methyl sites for hydroxylation is 1. The Kier molecular flexibility index (Phi) is 6.26. The largest absolute Gasteiger partial charge is 0.336 e. The summed E-state index contributed by atoms with van der Waals surface area (Å²) in [6, 6.07) is 5.76. The lowest BCUT2D eigenvalue weighted by Gasteiger charge is -2.12. The van der Waals surface area contributed by atoms with Crippen molar-refractivity contribution in [2.45, 2.75) is 49.0 Å². The number of rotatable bonds is 7. The van der Waals surface area contributed by atoms with Crippen LogP contribution in [0.15, 0.2) is 34.3 Å². The van der Waals surface area contributed by atoms with Crippen LogP contribution in [0.1, 0.15) is 26.6 Å². The van der Waals surface area contributed by atoms with Crippen molar-refractivity contribution >= 4 is 33.4 Å². The number of nitrogens with two attached hydrogens (primary N) is 1. The quantitative estimate of drug-likeness (QED) is 0.470. The molecule has 0 saturated heterocycles. The van der Waals surface area contributed by atoms with Gasteiger partial charge in [-0.15, -0.1) is 10.2 Å². The van der Waals surface area contributed by atoms with Crippen molar-refractivity contribution < 1.29 is 13.2 Å². The maximum absolute atomic E-state index is 12.3. The second-order valence-corrected chi connectivity index (χ2v) is 8.97. The molecule has 1 atom stereocenters. The molecule has 11 heteroatoms. The van der Waals surface area contributed by atoms with E-state index in [1.807, 2.05) is 0 Å². The van der Waals surface area contributed by atoms with Crippen LogP contribution in [0.3, 0.4) is 0 Å². The summed E-state index contributed by atoms with van der Waals surface area (Å²) in [5.41, 5.74) is 0.497. The number of aromatic nitrogens is 3. The number of anilines is 1. The van der Waals surface area contributed by atoms with E-state index in [1.54, 1.807) is 39.8 Å². The van der Waals surface area contributed by atoms with Gasteiger partial charge in [-0.2, -0.15) is 0 Å². The molecule has 1 aromatic carbocycles. The number of hydrogen-bond acceptors (Lipinski definition) is 7. The number of nitrogen functional groups attached to an aromatic ring is 1. The van der Waals surface area contributed by atoms with E-state index in [-0.39, 0.29) is 16.8 Å². The lowest BCUT2D eigenvalue weighted by atomic mass is 10.3. The third-order valence-electron chi connectivity index (χ3n) is 3.31. The summed E-state index contributed by atoms with van der Waals surface area (Å²) in [7, 11) is -3.56. The average Bonchev–Trinajstić information content (AvgIpc) is 2.86. The molecule has 0 aliphatic rings. The van der Waals surface area contributed by atoms with Crippen LogP contribution < -0.4 is 15.9 Å². The van der Waals surface area contributed by atoms with Gasteiger partial charge in [0, 0.05) is 11.7 Å². The van der Waals surface area contributed by atoms with E-state index in [0.29, 0.717) is 16.7 Å². The van der Waals surface area contributed by atoms with Gasteiger partial charge < -0.3 is 11.2 Å². The molecule has 0 spiro atoms. The van der Waals surface area contributed by atoms with E-state index < -0.39 is 15.3 Å². The lowest BCUT2D eigenvalue weighted by molar-refractivity contribution is -0.115. The van der Waals surface area contributed by atoms with Crippen molar-refractivity contribution in [1.29, 1.82) is 0 Å². The highest BCUT2D eigenvalue weighted by Gasteiger charge is 2.19. The van der Waals surface area contributed by atoms with Gasteiger partial charge in [-0.05, 0) is 52.0 Å². The molecule has 2 rings (SSSR count). The highest BCUT2D eigenvalue weighted by Crippen LogP contribution is 2.22. The Labute approximate surface area is 156 Å². The smallest absolute Gasteiger partial charge is 0.240 e. The number of benzene rings is 1. The first-order valence-electron chi connectivity index (χ1n) is 7.87. The molecule has 26 heavy (non-hydrogen) atoms. The molecule has 1 heterocycles. The van der Waals surface area contributed by atoms with E-state index in [1.165, 1.54) is 28.6 Å². The zero-order valence-electron chi connectivity index (χ0n) is 14.9. The van der Waals surface area contributed by atoms with E-state index in [0.717, 1.165) is 0 Å². The molecule has 1 aromatic heterocycles. The predicted molar refractivity (Wildman–Crippen MR) is 101 cm³/mol. The highest BCUT2D eigenvalue weighted by atomic mass is 32.2. The number of nitrogens with zero attached hydrogens (tertiary/aromatic N) is 3. The van der Waals surface area contributed by atoms with Gasteiger partial charge in [0.15, 0.2) is 0 Å². The molecule has 0 saturated carbocycles. The predicted octanol–water partition coefficient (Wildman–Crippen LogP) is 1.11. The van der Waals surface area contributed by atoms with Crippen molar-refractivity contribution in [3.8, 4) is 0 Å². The zero-order chi connectivity index (χ0) is 19.5. The van der Waals surface area contributed by atoms with E-state index in [4.69, 9.17) is 5.84 Å². The number of carbonyl (C=O) groups is 1. The van der Waals surface area contributed by atoms with Gasteiger partial charge in [-0.1, -0.05) is 11.8 Å². The normalized spacial score (nSPS) is 13.0. The number of sulfonamides is 1. The number of hydrogen-bond donors (Lipinski definition) is 3. The third-order valence-corrected chi connectivity index (χ3v) is 6.04. The van der Waals surface area contributed by atoms with Gasteiger partial charge in [0.25, 0.3) is 0 Å². The maximum atomic E-state index is 12.3. The monoisotopic (exact) mass is 398 g/mol. The number of carbonyl (C=O) groups excluding carboxylic acids is 1. The summed E-state index contributed by atoms with van der Waals surface area (Å²) in [5.74, 6) is 6.06. The van der Waals surface area contributed by atoms with E-state index in [9.17, 15) is 13.2 Å². The Balaban J connectivity index is 2.02. The molecular formula is C15H22N6O3S2. The fourth-order valence-corrected chi connectivity index (χ4v) is 4.05. The van der Waals surface area contributed by atoms with Gasteiger partial charge in [0.1, 0.15) is 5.82 Å². The highest BCUT2D eigenvalue weighted by molar-refractivity contribution is 8.00. The average molecular weight is 399 g/mol. The Morgan fingerprint density at radius 1 is 1.19 bits per heavy atom. The fourth-order valence-electron chi connectivity index (χ4n) is 1.98. The summed E-state index contributed by atoms with van der Waals surface area (Å²) in [6.07, 6.45) is 0. The maximum Gasteiger partial charge on any atom is 0.240 e. The minimum atomic E-state index is -3.56. The molecule has 0 fully saturated rings. The van der Waals surface area contributed by atoms with Crippen molar-refractivity contribution in [1.82, 2.24) is 19.6 Å². The minimum Gasteiger partial charge on any atom is -0.336 e. The molecule has 0 bridgehead atoms. The standard InChI is InChI=1S/C15H22N6O3S2/c1-9(2)20-26(23,24)13-7-5-12(6-8-13)17-14(22)10(3)25-15-19-18-11(4)21(15)16/h5-10,20H,16H2,1-4H3,(H,17,22)/t10-/m1/s1. The van der Waals surface area contributed by atoms with Crippen LogP contribution in [0.2, 0.25) is 0 Å². The Bertz CT molecular complexity index is 877. The van der Waals surface area contributed by atoms with Gasteiger partial charge in [0.2, 0.25) is 21.1 Å². The Morgan fingerprint density at radius 3 is 2.31 bits per heavy atom. The topological polar surface area (TPSA) is 132 Å². The van der Waals surface area contributed by atoms with E-state index >= 15 is 0 Å².